The highest BCUT2D eigenvalue weighted by molar-refractivity contribution is 7.89. The fourth-order valence-corrected chi connectivity index (χ4v) is 5.75. The van der Waals surface area contributed by atoms with Gasteiger partial charge in [0.1, 0.15) is 17.0 Å². The number of fused-ring (bicyclic) bond motifs is 1. The van der Waals surface area contributed by atoms with Crippen molar-refractivity contribution in [2.24, 2.45) is 0 Å². The molecule has 0 bridgehead atoms. The SMILES string of the molecule is C[C@H](NS(=O)(=O)c1ccc(-c2c(C#N)c3ccc(Cl)cc3n2C2CCCCC2)nc1)C(F)(F)F. The number of benzene rings is 1. The fourth-order valence-electron chi connectivity index (χ4n) is 4.41. The van der Waals surface area contributed by atoms with Gasteiger partial charge in [-0.05, 0) is 50.1 Å². The molecule has 3 aromatic rings. The maximum absolute atomic E-state index is 12.8. The van der Waals surface area contributed by atoms with Gasteiger partial charge in [-0.25, -0.2) is 8.42 Å². The van der Waals surface area contributed by atoms with E-state index in [-0.39, 0.29) is 6.04 Å². The zero-order chi connectivity index (χ0) is 24.7. The Labute approximate surface area is 200 Å². The highest BCUT2D eigenvalue weighted by Gasteiger charge is 2.39. The van der Waals surface area contributed by atoms with E-state index in [1.165, 1.54) is 12.1 Å². The van der Waals surface area contributed by atoms with Crippen LogP contribution in [-0.4, -0.2) is 30.2 Å². The summed E-state index contributed by atoms with van der Waals surface area (Å²) >= 11 is 6.26. The molecular weight excluding hydrogens is 489 g/mol. The molecule has 0 amide bonds. The number of hydrogen-bond donors (Lipinski definition) is 1. The van der Waals surface area contributed by atoms with Gasteiger partial charge in [0.05, 0.1) is 22.5 Å². The van der Waals surface area contributed by atoms with E-state index in [0.717, 1.165) is 50.7 Å². The van der Waals surface area contributed by atoms with Crippen LogP contribution in [-0.2, 0) is 10.0 Å². The van der Waals surface area contributed by atoms with E-state index in [1.54, 1.807) is 22.9 Å². The topological polar surface area (TPSA) is 87.8 Å². The number of nitrogens with one attached hydrogen (secondary N) is 1. The van der Waals surface area contributed by atoms with Crippen molar-refractivity contribution >= 4 is 32.5 Å². The van der Waals surface area contributed by atoms with E-state index in [9.17, 15) is 26.9 Å². The lowest BCUT2D eigenvalue weighted by Gasteiger charge is -2.26. The lowest BCUT2D eigenvalue weighted by atomic mass is 9.95. The van der Waals surface area contributed by atoms with Gasteiger partial charge in [0, 0.05) is 22.6 Å². The summed E-state index contributed by atoms with van der Waals surface area (Å²) < 4.78 is 67.0. The van der Waals surface area contributed by atoms with Gasteiger partial charge >= 0.3 is 6.18 Å². The van der Waals surface area contributed by atoms with Crippen LogP contribution in [0.1, 0.15) is 50.6 Å². The standard InChI is InChI=1S/C23H22ClF3N4O2S/c1-14(23(25,26)27)30-34(32,33)17-8-10-20(29-13-17)22-19(12-28)18-9-7-15(24)11-21(18)31(22)16-5-3-2-4-6-16/h7-11,13-14,16,30H,2-6H2,1H3/t14-/m0/s1. The van der Waals surface area contributed by atoms with E-state index in [0.29, 0.717) is 27.4 Å². The maximum Gasteiger partial charge on any atom is 0.404 e. The Kier molecular flexibility index (Phi) is 6.64. The third kappa shape index (κ3) is 4.65. The third-order valence-electron chi connectivity index (χ3n) is 6.13. The summed E-state index contributed by atoms with van der Waals surface area (Å²) in [6.45, 7) is 0.728. The fraction of sp³-hybridized carbons (Fsp3) is 0.391. The number of nitriles is 1. The number of halogens is 4. The van der Waals surface area contributed by atoms with E-state index in [4.69, 9.17) is 11.6 Å². The smallest absolute Gasteiger partial charge is 0.335 e. The third-order valence-corrected chi connectivity index (χ3v) is 7.89. The lowest BCUT2D eigenvalue weighted by molar-refractivity contribution is -0.147. The van der Waals surface area contributed by atoms with Crippen molar-refractivity contribution in [2.45, 2.75) is 62.2 Å². The Bertz CT molecular complexity index is 1360. The predicted octanol–water partition coefficient (Wildman–Crippen LogP) is 5.96. The van der Waals surface area contributed by atoms with Crippen LogP contribution in [0.15, 0.2) is 41.4 Å². The molecule has 0 spiro atoms. The Morgan fingerprint density at radius 2 is 1.91 bits per heavy atom. The first-order valence-corrected chi connectivity index (χ1v) is 12.7. The van der Waals surface area contributed by atoms with Crippen LogP contribution in [0.4, 0.5) is 13.2 Å². The molecule has 11 heteroatoms. The summed E-state index contributed by atoms with van der Waals surface area (Å²) in [6, 6.07) is 8.02. The van der Waals surface area contributed by atoms with Crippen LogP contribution in [0.5, 0.6) is 0 Å². The van der Waals surface area contributed by atoms with Crippen molar-refractivity contribution < 1.29 is 21.6 Å². The number of nitrogens with zero attached hydrogens (tertiary/aromatic N) is 3. The van der Waals surface area contributed by atoms with Gasteiger partial charge in [-0.15, -0.1) is 0 Å². The lowest BCUT2D eigenvalue weighted by Crippen LogP contribution is -2.42. The Balaban J connectivity index is 1.82. The van der Waals surface area contributed by atoms with Crippen molar-refractivity contribution in [1.82, 2.24) is 14.3 Å². The second-order valence-corrected chi connectivity index (χ2v) is 10.6. The second kappa shape index (κ2) is 9.21. The molecule has 1 aliphatic carbocycles. The summed E-state index contributed by atoms with van der Waals surface area (Å²) in [7, 11) is -4.44. The average molecular weight is 511 g/mol. The molecule has 1 fully saturated rings. The number of hydrogen-bond acceptors (Lipinski definition) is 4. The average Bonchev–Trinajstić information content (AvgIpc) is 3.12. The number of pyridine rings is 1. The number of rotatable bonds is 5. The zero-order valence-corrected chi connectivity index (χ0v) is 19.8. The van der Waals surface area contributed by atoms with Gasteiger partial charge in [-0.1, -0.05) is 30.9 Å². The summed E-state index contributed by atoms with van der Waals surface area (Å²) in [5, 5.41) is 11.2. The molecule has 1 saturated carbocycles. The highest BCUT2D eigenvalue weighted by Crippen LogP contribution is 2.40. The van der Waals surface area contributed by atoms with Crippen molar-refractivity contribution in [3.8, 4) is 17.5 Å². The van der Waals surface area contributed by atoms with Crippen molar-refractivity contribution in [3.63, 3.8) is 0 Å². The molecule has 2 heterocycles. The molecule has 0 saturated heterocycles. The summed E-state index contributed by atoms with van der Waals surface area (Å²) in [5.74, 6) is 0. The molecule has 1 atom stereocenters. The molecular formula is C23H22ClF3N4O2S. The van der Waals surface area contributed by atoms with E-state index in [2.05, 4.69) is 15.6 Å². The summed E-state index contributed by atoms with van der Waals surface area (Å²) in [6.07, 6.45) is 1.34. The quantitative estimate of drug-likeness (QED) is 0.458. The van der Waals surface area contributed by atoms with E-state index < -0.39 is 27.1 Å². The predicted molar refractivity (Wildman–Crippen MR) is 123 cm³/mol. The second-order valence-electron chi connectivity index (χ2n) is 8.42. The van der Waals surface area contributed by atoms with Crippen LogP contribution in [0.2, 0.25) is 5.02 Å². The molecule has 0 aliphatic heterocycles. The summed E-state index contributed by atoms with van der Waals surface area (Å²) in [5.41, 5.74) is 2.10. The van der Waals surface area contributed by atoms with Gasteiger partial charge in [-0.3, -0.25) is 4.98 Å². The van der Waals surface area contributed by atoms with Crippen LogP contribution in [0.3, 0.4) is 0 Å². The molecule has 0 radical (unpaired) electrons. The number of sulfonamides is 1. The molecule has 34 heavy (non-hydrogen) atoms. The van der Waals surface area contributed by atoms with Crippen molar-refractivity contribution in [2.75, 3.05) is 0 Å². The molecule has 4 rings (SSSR count). The van der Waals surface area contributed by atoms with Gasteiger partial charge in [0.2, 0.25) is 10.0 Å². The first-order valence-electron chi connectivity index (χ1n) is 10.8. The zero-order valence-electron chi connectivity index (χ0n) is 18.2. The minimum atomic E-state index is -4.72. The van der Waals surface area contributed by atoms with Crippen LogP contribution >= 0.6 is 11.6 Å². The number of aromatic nitrogens is 2. The monoisotopic (exact) mass is 510 g/mol. The molecule has 180 valence electrons. The Morgan fingerprint density at radius 3 is 2.50 bits per heavy atom. The minimum Gasteiger partial charge on any atom is -0.335 e. The number of alkyl halides is 3. The molecule has 1 aliphatic rings. The van der Waals surface area contributed by atoms with Gasteiger partial charge < -0.3 is 4.57 Å². The molecule has 2 aromatic heterocycles. The van der Waals surface area contributed by atoms with Crippen molar-refractivity contribution in [1.29, 1.82) is 5.26 Å². The van der Waals surface area contributed by atoms with Crippen LogP contribution < -0.4 is 4.72 Å². The van der Waals surface area contributed by atoms with Crippen LogP contribution in [0, 0.1) is 11.3 Å². The molecule has 1 N–H and O–H groups in total. The molecule has 1 aromatic carbocycles. The molecule has 6 nitrogen and oxygen atoms in total. The normalized spacial score (nSPS) is 16.5. The highest BCUT2D eigenvalue weighted by atomic mass is 35.5. The van der Waals surface area contributed by atoms with Gasteiger partial charge in [-0.2, -0.15) is 23.2 Å². The Hall–Kier alpha value is -2.61. The summed E-state index contributed by atoms with van der Waals surface area (Å²) in [4.78, 5) is 3.87. The van der Waals surface area contributed by atoms with Gasteiger partial charge in [0.15, 0.2) is 0 Å². The van der Waals surface area contributed by atoms with E-state index >= 15 is 0 Å². The minimum absolute atomic E-state index is 0.117. The molecule has 0 unspecified atom stereocenters. The largest absolute Gasteiger partial charge is 0.404 e. The van der Waals surface area contributed by atoms with E-state index in [1.807, 2.05) is 0 Å². The van der Waals surface area contributed by atoms with Gasteiger partial charge in [0.25, 0.3) is 0 Å². The first kappa shape index (κ1) is 24.5. The van der Waals surface area contributed by atoms with Crippen LogP contribution in [0.25, 0.3) is 22.3 Å². The van der Waals surface area contributed by atoms with Crippen molar-refractivity contribution in [3.05, 3.63) is 47.1 Å². The first-order chi connectivity index (χ1) is 16.0. The Morgan fingerprint density at radius 1 is 1.21 bits per heavy atom. The maximum atomic E-state index is 12.8.